The minimum atomic E-state index is -0.354. The van der Waals surface area contributed by atoms with Gasteiger partial charge in [0.15, 0.2) is 0 Å². The van der Waals surface area contributed by atoms with Crippen molar-refractivity contribution in [1.82, 2.24) is 5.32 Å². The minimum absolute atomic E-state index is 0.171. The number of hydrogen-bond donors (Lipinski definition) is 2. The van der Waals surface area contributed by atoms with E-state index in [4.69, 9.17) is 23.2 Å². The highest BCUT2D eigenvalue weighted by atomic mass is 35.5. The smallest absolute Gasteiger partial charge is 0.257 e. The first-order chi connectivity index (χ1) is 14.5. The summed E-state index contributed by atoms with van der Waals surface area (Å²) >= 11 is 13.6. The molecule has 4 rings (SSSR count). The molecule has 0 saturated carbocycles. The summed E-state index contributed by atoms with van der Waals surface area (Å²) in [6.45, 7) is 0.431. The predicted molar refractivity (Wildman–Crippen MR) is 123 cm³/mol. The van der Waals surface area contributed by atoms with Crippen LogP contribution in [0.15, 0.2) is 48.5 Å². The van der Waals surface area contributed by atoms with Gasteiger partial charge in [-0.15, -0.1) is 11.3 Å². The van der Waals surface area contributed by atoms with Crippen LogP contribution in [-0.4, -0.2) is 11.8 Å². The number of amides is 2. The third-order valence-corrected chi connectivity index (χ3v) is 6.85. The third-order valence-electron chi connectivity index (χ3n) is 5.10. The Hall–Kier alpha value is -2.34. The lowest BCUT2D eigenvalue weighted by molar-refractivity contribution is 0.0951. The summed E-state index contributed by atoms with van der Waals surface area (Å²) in [4.78, 5) is 27.1. The molecular weight excluding hydrogens is 439 g/mol. The van der Waals surface area contributed by atoms with E-state index in [1.54, 1.807) is 12.1 Å². The first-order valence-corrected chi connectivity index (χ1v) is 11.3. The van der Waals surface area contributed by atoms with Gasteiger partial charge < -0.3 is 10.6 Å². The van der Waals surface area contributed by atoms with Crippen LogP contribution < -0.4 is 10.6 Å². The lowest BCUT2D eigenvalue weighted by Crippen LogP contribution is -2.25. The number of fused-ring (bicyclic) bond motifs is 1. The molecule has 2 aromatic carbocycles. The van der Waals surface area contributed by atoms with Gasteiger partial charge >= 0.3 is 0 Å². The zero-order chi connectivity index (χ0) is 21.1. The van der Waals surface area contributed by atoms with E-state index in [0.29, 0.717) is 27.7 Å². The number of hydrogen-bond acceptors (Lipinski definition) is 3. The second kappa shape index (κ2) is 9.21. The Morgan fingerprint density at radius 1 is 0.967 bits per heavy atom. The lowest BCUT2D eigenvalue weighted by Gasteiger charge is -2.13. The first-order valence-electron chi connectivity index (χ1n) is 9.76. The molecule has 0 unspecified atom stereocenters. The molecule has 7 heteroatoms. The second-order valence-corrected chi connectivity index (χ2v) is 9.11. The maximum Gasteiger partial charge on any atom is 0.257 e. The van der Waals surface area contributed by atoms with Crippen LogP contribution in [0.4, 0.5) is 5.00 Å². The van der Waals surface area contributed by atoms with Crippen molar-refractivity contribution >= 4 is 51.4 Å². The van der Waals surface area contributed by atoms with E-state index >= 15 is 0 Å². The first kappa shape index (κ1) is 20.9. The third kappa shape index (κ3) is 4.53. The normalized spacial score (nSPS) is 12.9. The molecule has 0 aliphatic heterocycles. The van der Waals surface area contributed by atoms with E-state index in [1.807, 2.05) is 30.3 Å². The average Bonchev–Trinajstić information content (AvgIpc) is 3.10. The number of halogens is 2. The highest BCUT2D eigenvalue weighted by molar-refractivity contribution is 7.17. The summed E-state index contributed by atoms with van der Waals surface area (Å²) in [5.41, 5.74) is 2.97. The van der Waals surface area contributed by atoms with Gasteiger partial charge in [0, 0.05) is 16.4 Å². The molecule has 3 aromatic rings. The molecule has 1 aromatic heterocycles. The Morgan fingerprint density at radius 3 is 2.50 bits per heavy atom. The topological polar surface area (TPSA) is 58.2 Å². The van der Waals surface area contributed by atoms with Crippen LogP contribution in [0.5, 0.6) is 0 Å². The van der Waals surface area contributed by atoms with Gasteiger partial charge in [-0.25, -0.2) is 0 Å². The second-order valence-electron chi connectivity index (χ2n) is 7.16. The van der Waals surface area contributed by atoms with Gasteiger partial charge in [-0.3, -0.25) is 9.59 Å². The summed E-state index contributed by atoms with van der Waals surface area (Å²) in [5, 5.41) is 7.22. The molecule has 154 valence electrons. The number of anilines is 1. The van der Waals surface area contributed by atoms with Crippen molar-refractivity contribution in [3.05, 3.63) is 85.7 Å². The van der Waals surface area contributed by atoms with Gasteiger partial charge in [0.05, 0.1) is 16.1 Å². The molecule has 0 atom stereocenters. The van der Waals surface area contributed by atoms with Crippen molar-refractivity contribution in [3.8, 4) is 0 Å². The fourth-order valence-corrected chi connectivity index (χ4v) is 5.38. The Kier molecular flexibility index (Phi) is 6.42. The highest BCUT2D eigenvalue weighted by Gasteiger charge is 2.27. The highest BCUT2D eigenvalue weighted by Crippen LogP contribution is 2.38. The average molecular weight is 459 g/mol. The van der Waals surface area contributed by atoms with Crippen molar-refractivity contribution in [1.29, 1.82) is 0 Å². The van der Waals surface area contributed by atoms with Gasteiger partial charge in [-0.2, -0.15) is 0 Å². The number of carbonyl (C=O) groups is 2. The summed E-state index contributed by atoms with van der Waals surface area (Å²) < 4.78 is 0. The Bertz CT molecular complexity index is 1100. The quantitative estimate of drug-likeness (QED) is 0.483. The maximum atomic E-state index is 13.1. The number of aryl methyl sites for hydroxylation is 1. The van der Waals surface area contributed by atoms with Crippen LogP contribution in [0.3, 0.4) is 0 Å². The molecular formula is C23H20Cl2N2O2S. The van der Waals surface area contributed by atoms with Crippen LogP contribution in [0.2, 0.25) is 10.0 Å². The Morgan fingerprint density at radius 2 is 1.73 bits per heavy atom. The zero-order valence-electron chi connectivity index (χ0n) is 16.1. The number of rotatable bonds is 5. The lowest BCUT2D eigenvalue weighted by atomic mass is 9.95. The summed E-state index contributed by atoms with van der Waals surface area (Å²) in [5.74, 6) is -0.525. The summed E-state index contributed by atoms with van der Waals surface area (Å²) in [7, 11) is 0. The fraction of sp³-hybridized carbons (Fsp3) is 0.217. The molecule has 1 aliphatic carbocycles. The molecule has 2 N–H and O–H groups in total. The molecule has 0 bridgehead atoms. The molecule has 30 heavy (non-hydrogen) atoms. The molecule has 1 heterocycles. The van der Waals surface area contributed by atoms with Crippen LogP contribution in [0.1, 0.15) is 49.6 Å². The van der Waals surface area contributed by atoms with Gasteiger partial charge in [0.2, 0.25) is 0 Å². The molecule has 0 saturated heterocycles. The van der Waals surface area contributed by atoms with E-state index < -0.39 is 0 Å². The van der Waals surface area contributed by atoms with Crippen molar-refractivity contribution in [2.75, 3.05) is 5.32 Å². The van der Waals surface area contributed by atoms with E-state index in [1.165, 1.54) is 22.3 Å². The van der Waals surface area contributed by atoms with E-state index in [0.717, 1.165) is 36.8 Å². The minimum Gasteiger partial charge on any atom is -0.348 e. The van der Waals surface area contributed by atoms with Gasteiger partial charge in [0.25, 0.3) is 11.8 Å². The number of thiophene rings is 1. The van der Waals surface area contributed by atoms with Crippen LogP contribution in [-0.2, 0) is 19.4 Å². The van der Waals surface area contributed by atoms with E-state index in [2.05, 4.69) is 10.6 Å². The molecule has 0 fully saturated rings. The zero-order valence-corrected chi connectivity index (χ0v) is 18.5. The number of nitrogens with one attached hydrogen (secondary N) is 2. The monoisotopic (exact) mass is 458 g/mol. The maximum absolute atomic E-state index is 13.1. The van der Waals surface area contributed by atoms with E-state index in [-0.39, 0.29) is 16.8 Å². The predicted octanol–water partition coefficient (Wildman–Crippen LogP) is 6.12. The SMILES string of the molecule is O=C(Nc1sc2c(c1C(=O)NCc1ccccc1)CCCC2)c1ccc(Cl)cc1Cl. The summed E-state index contributed by atoms with van der Waals surface area (Å²) in [6.07, 6.45) is 3.90. The van der Waals surface area contributed by atoms with Crippen molar-refractivity contribution in [2.45, 2.75) is 32.2 Å². The molecule has 2 amide bonds. The van der Waals surface area contributed by atoms with Crippen LogP contribution >= 0.6 is 34.5 Å². The van der Waals surface area contributed by atoms with Crippen molar-refractivity contribution in [2.24, 2.45) is 0 Å². The van der Waals surface area contributed by atoms with Gasteiger partial charge in [0.1, 0.15) is 5.00 Å². The molecule has 0 radical (unpaired) electrons. The standard InChI is InChI=1S/C23H20Cl2N2O2S/c24-15-10-11-16(18(25)12-15)21(28)27-23-20(17-8-4-5-9-19(17)30-23)22(29)26-13-14-6-2-1-3-7-14/h1-3,6-7,10-12H,4-5,8-9,13H2,(H,26,29)(H,27,28). The van der Waals surface area contributed by atoms with Crippen LogP contribution in [0, 0.1) is 0 Å². The molecule has 1 aliphatic rings. The molecule has 0 spiro atoms. The fourth-order valence-electron chi connectivity index (χ4n) is 3.60. The van der Waals surface area contributed by atoms with Crippen LogP contribution in [0.25, 0.3) is 0 Å². The number of benzene rings is 2. The number of carbonyl (C=O) groups excluding carboxylic acids is 2. The Balaban J connectivity index is 1.60. The largest absolute Gasteiger partial charge is 0.348 e. The van der Waals surface area contributed by atoms with E-state index in [9.17, 15) is 9.59 Å². The Labute approximate surface area is 189 Å². The molecule has 4 nitrogen and oxygen atoms in total. The van der Waals surface area contributed by atoms with Gasteiger partial charge in [-0.05, 0) is 55.0 Å². The van der Waals surface area contributed by atoms with Crippen molar-refractivity contribution in [3.63, 3.8) is 0 Å². The summed E-state index contributed by atoms with van der Waals surface area (Å²) in [6, 6.07) is 14.5. The van der Waals surface area contributed by atoms with Gasteiger partial charge in [-0.1, -0.05) is 53.5 Å². The van der Waals surface area contributed by atoms with Crippen molar-refractivity contribution < 1.29 is 9.59 Å².